The lowest BCUT2D eigenvalue weighted by Gasteiger charge is -2.17. The molecule has 1 aliphatic rings. The Bertz CT molecular complexity index is 584. The Labute approximate surface area is 148 Å². The number of ether oxygens (including phenoxy) is 2. The first kappa shape index (κ1) is 19.1. The second-order valence-corrected chi connectivity index (χ2v) is 6.86. The quantitative estimate of drug-likeness (QED) is 0.799. The van der Waals surface area contributed by atoms with Crippen LogP contribution in [-0.4, -0.2) is 48.4 Å². The maximum atomic E-state index is 12.3. The van der Waals surface area contributed by atoms with E-state index < -0.39 is 0 Å². The number of nitrogens with zero attached hydrogens (tertiary/aromatic N) is 1. The van der Waals surface area contributed by atoms with E-state index in [4.69, 9.17) is 9.47 Å². The van der Waals surface area contributed by atoms with E-state index in [0.717, 1.165) is 5.56 Å². The average Bonchev–Trinajstić information content (AvgIpc) is 2.99. The molecule has 0 unspecified atom stereocenters. The van der Waals surface area contributed by atoms with E-state index in [1.165, 1.54) is 0 Å². The minimum absolute atomic E-state index is 0.0322. The van der Waals surface area contributed by atoms with Crippen molar-refractivity contribution in [2.45, 2.75) is 27.2 Å². The highest BCUT2D eigenvalue weighted by atomic mass is 16.6. The Morgan fingerprint density at radius 2 is 1.88 bits per heavy atom. The summed E-state index contributed by atoms with van der Waals surface area (Å²) in [6.07, 6.45) is 0.258. The van der Waals surface area contributed by atoms with Crippen LogP contribution in [0.25, 0.3) is 0 Å². The first-order valence-electron chi connectivity index (χ1n) is 8.77. The van der Waals surface area contributed by atoms with E-state index in [-0.39, 0.29) is 35.6 Å². The van der Waals surface area contributed by atoms with Crippen LogP contribution in [0.4, 0.5) is 4.79 Å². The van der Waals surface area contributed by atoms with E-state index in [1.54, 1.807) is 24.0 Å². The number of phenolic OH excluding ortho intramolecular Hbond substituents is 1. The number of likely N-dealkylation sites (tertiary alicyclic amines) is 1. The molecule has 1 amide bonds. The number of carbonyl (C=O) groups excluding carboxylic acids is 2. The molecular weight excluding hydrogens is 322 g/mol. The summed E-state index contributed by atoms with van der Waals surface area (Å²) in [6.45, 7) is 7.19. The maximum absolute atomic E-state index is 12.3. The van der Waals surface area contributed by atoms with E-state index in [0.29, 0.717) is 32.7 Å². The molecule has 0 aromatic heterocycles. The summed E-state index contributed by atoms with van der Waals surface area (Å²) in [7, 11) is 0. The van der Waals surface area contributed by atoms with Crippen LogP contribution >= 0.6 is 0 Å². The molecule has 0 saturated carbocycles. The van der Waals surface area contributed by atoms with Gasteiger partial charge in [0, 0.05) is 13.1 Å². The van der Waals surface area contributed by atoms with Gasteiger partial charge in [-0.1, -0.05) is 26.0 Å². The number of carbonyl (C=O) groups is 2. The summed E-state index contributed by atoms with van der Waals surface area (Å²) in [4.78, 5) is 26.1. The van der Waals surface area contributed by atoms with Gasteiger partial charge in [-0.15, -0.1) is 0 Å². The summed E-state index contributed by atoms with van der Waals surface area (Å²) < 4.78 is 10.5. The summed E-state index contributed by atoms with van der Waals surface area (Å²) in [6, 6.07) is 6.91. The number of aromatic hydroxyl groups is 1. The van der Waals surface area contributed by atoms with Crippen molar-refractivity contribution in [1.29, 1.82) is 0 Å². The van der Waals surface area contributed by atoms with E-state index >= 15 is 0 Å². The molecule has 1 fully saturated rings. The zero-order valence-electron chi connectivity index (χ0n) is 15.1. The normalized spacial score (nSPS) is 19.9. The zero-order chi connectivity index (χ0) is 18.4. The Morgan fingerprint density at radius 1 is 1.20 bits per heavy atom. The van der Waals surface area contributed by atoms with Crippen LogP contribution in [0.1, 0.15) is 26.3 Å². The average molecular weight is 349 g/mol. The Balaban J connectivity index is 2.06. The molecule has 1 aliphatic heterocycles. The summed E-state index contributed by atoms with van der Waals surface area (Å²) in [5.41, 5.74) is 1.01. The van der Waals surface area contributed by atoms with Gasteiger partial charge in [0.25, 0.3) is 0 Å². The molecule has 1 N–H and O–H groups in total. The molecule has 2 rings (SSSR count). The van der Waals surface area contributed by atoms with Gasteiger partial charge in [-0.05, 0) is 42.9 Å². The number of benzene rings is 1. The smallest absolute Gasteiger partial charge is 0.409 e. The number of hydrogen-bond donors (Lipinski definition) is 1. The number of rotatable bonds is 6. The highest BCUT2D eigenvalue weighted by Gasteiger charge is 2.41. The molecule has 0 radical (unpaired) electrons. The third-order valence-corrected chi connectivity index (χ3v) is 4.26. The topological polar surface area (TPSA) is 76.1 Å². The van der Waals surface area contributed by atoms with Crippen LogP contribution < -0.4 is 0 Å². The van der Waals surface area contributed by atoms with Crippen LogP contribution in [0.15, 0.2) is 24.3 Å². The Hall–Kier alpha value is -2.24. The van der Waals surface area contributed by atoms with Gasteiger partial charge in [0.2, 0.25) is 0 Å². The van der Waals surface area contributed by atoms with Crippen molar-refractivity contribution in [3.05, 3.63) is 29.8 Å². The summed E-state index contributed by atoms with van der Waals surface area (Å²) >= 11 is 0. The predicted octanol–water partition coefficient (Wildman–Crippen LogP) is 2.84. The molecular formula is C19H27NO5. The fourth-order valence-corrected chi connectivity index (χ4v) is 3.01. The molecule has 0 aliphatic carbocycles. The molecule has 138 valence electrons. The van der Waals surface area contributed by atoms with Gasteiger partial charge in [0.05, 0.1) is 19.1 Å². The lowest BCUT2D eigenvalue weighted by Crippen LogP contribution is -2.31. The fourth-order valence-electron chi connectivity index (χ4n) is 3.01. The summed E-state index contributed by atoms with van der Waals surface area (Å²) in [5.74, 6) is -0.197. The van der Waals surface area contributed by atoms with Gasteiger partial charge in [0.15, 0.2) is 0 Å². The highest BCUT2D eigenvalue weighted by molar-refractivity contribution is 5.76. The molecule has 6 nitrogen and oxygen atoms in total. The van der Waals surface area contributed by atoms with Crippen molar-refractivity contribution in [2.75, 3.05) is 26.3 Å². The number of esters is 1. The second kappa shape index (κ2) is 8.74. The molecule has 25 heavy (non-hydrogen) atoms. The third-order valence-electron chi connectivity index (χ3n) is 4.26. The predicted molar refractivity (Wildman–Crippen MR) is 93.2 cm³/mol. The van der Waals surface area contributed by atoms with Crippen LogP contribution in [0.3, 0.4) is 0 Å². The fraction of sp³-hybridized carbons (Fsp3) is 0.579. The number of hydrogen-bond acceptors (Lipinski definition) is 5. The first-order valence-corrected chi connectivity index (χ1v) is 8.77. The highest BCUT2D eigenvalue weighted by Crippen LogP contribution is 2.29. The van der Waals surface area contributed by atoms with Gasteiger partial charge in [-0.25, -0.2) is 4.79 Å². The molecule has 1 aromatic carbocycles. The minimum atomic E-state index is -0.379. The van der Waals surface area contributed by atoms with Gasteiger partial charge >= 0.3 is 12.1 Å². The van der Waals surface area contributed by atoms with Crippen molar-refractivity contribution in [3.63, 3.8) is 0 Å². The van der Waals surface area contributed by atoms with Crippen molar-refractivity contribution in [2.24, 2.45) is 17.8 Å². The lowest BCUT2D eigenvalue weighted by molar-refractivity contribution is -0.148. The SMILES string of the molecule is CCOC(=O)[C@H]1CN(C(=O)OCC(C)C)C[C@H]1Cc1ccc(O)cc1. The molecule has 1 aromatic rings. The summed E-state index contributed by atoms with van der Waals surface area (Å²) in [5, 5.41) is 9.40. The minimum Gasteiger partial charge on any atom is -0.508 e. The molecule has 1 saturated heterocycles. The molecule has 2 atom stereocenters. The monoisotopic (exact) mass is 349 g/mol. The Morgan fingerprint density at radius 3 is 2.48 bits per heavy atom. The molecule has 0 bridgehead atoms. The van der Waals surface area contributed by atoms with Crippen molar-refractivity contribution >= 4 is 12.1 Å². The van der Waals surface area contributed by atoms with Gasteiger partial charge in [-0.3, -0.25) is 4.79 Å². The van der Waals surface area contributed by atoms with Crippen LogP contribution in [0, 0.1) is 17.8 Å². The van der Waals surface area contributed by atoms with Crippen LogP contribution in [-0.2, 0) is 20.7 Å². The van der Waals surface area contributed by atoms with E-state index in [1.807, 2.05) is 26.0 Å². The van der Waals surface area contributed by atoms with Gasteiger partial charge in [0.1, 0.15) is 5.75 Å². The van der Waals surface area contributed by atoms with Crippen molar-refractivity contribution in [1.82, 2.24) is 4.90 Å². The zero-order valence-corrected chi connectivity index (χ0v) is 15.1. The van der Waals surface area contributed by atoms with Gasteiger partial charge in [-0.2, -0.15) is 0 Å². The van der Waals surface area contributed by atoms with Gasteiger partial charge < -0.3 is 19.5 Å². The van der Waals surface area contributed by atoms with E-state index in [2.05, 4.69) is 0 Å². The second-order valence-electron chi connectivity index (χ2n) is 6.86. The lowest BCUT2D eigenvalue weighted by atomic mass is 9.90. The number of amides is 1. The van der Waals surface area contributed by atoms with Crippen molar-refractivity contribution in [3.8, 4) is 5.75 Å². The largest absolute Gasteiger partial charge is 0.508 e. The standard InChI is InChI=1S/C19H27NO5/c1-4-24-18(22)17-11-20(19(23)25-12-13(2)3)10-15(17)9-14-5-7-16(21)8-6-14/h5-8,13,15,17,21H,4,9-12H2,1-3H3/t15-,17+/m1/s1. The maximum Gasteiger partial charge on any atom is 0.409 e. The first-order chi connectivity index (χ1) is 11.9. The Kier molecular flexibility index (Phi) is 6.67. The molecule has 0 spiro atoms. The van der Waals surface area contributed by atoms with Crippen molar-refractivity contribution < 1.29 is 24.2 Å². The third kappa shape index (κ3) is 5.37. The van der Waals surface area contributed by atoms with Crippen LogP contribution in [0.2, 0.25) is 0 Å². The van der Waals surface area contributed by atoms with E-state index in [9.17, 15) is 14.7 Å². The molecule has 1 heterocycles. The molecule has 6 heteroatoms. The number of phenols is 1. The van der Waals surface area contributed by atoms with Crippen LogP contribution in [0.5, 0.6) is 5.75 Å².